The predicted octanol–water partition coefficient (Wildman–Crippen LogP) is 2.89. The van der Waals surface area contributed by atoms with Crippen LogP contribution in [0.2, 0.25) is 0 Å². The summed E-state index contributed by atoms with van der Waals surface area (Å²) in [7, 11) is 0. The van der Waals surface area contributed by atoms with Crippen molar-refractivity contribution in [1.29, 1.82) is 0 Å². The molecule has 0 fully saturated rings. The first kappa shape index (κ1) is 17.3. The Morgan fingerprint density at radius 2 is 2.05 bits per heavy atom. The van der Waals surface area contributed by atoms with E-state index in [9.17, 15) is 4.79 Å². The number of aliphatic hydroxyl groups excluding tert-OH is 1. The third-order valence-electron chi connectivity index (χ3n) is 3.11. The van der Waals surface area contributed by atoms with Crippen molar-refractivity contribution < 1.29 is 9.90 Å². The number of amides is 1. The Bertz CT molecular complexity index is 545. The van der Waals surface area contributed by atoms with Gasteiger partial charge in [-0.25, -0.2) is 0 Å². The monoisotopic (exact) mass is 287 g/mol. The molecule has 0 aliphatic rings. The van der Waals surface area contributed by atoms with Crippen LogP contribution in [0.4, 0.5) is 0 Å². The van der Waals surface area contributed by atoms with Gasteiger partial charge >= 0.3 is 0 Å². The van der Waals surface area contributed by atoms with Gasteiger partial charge in [-0.05, 0) is 36.5 Å². The molecule has 114 valence electrons. The summed E-state index contributed by atoms with van der Waals surface area (Å²) >= 11 is 0. The lowest BCUT2D eigenvalue weighted by atomic mass is 9.92. The quantitative estimate of drug-likeness (QED) is 0.837. The lowest BCUT2D eigenvalue weighted by Crippen LogP contribution is -2.27. The van der Waals surface area contributed by atoms with Crippen molar-refractivity contribution in [2.24, 2.45) is 5.41 Å². The zero-order valence-electron chi connectivity index (χ0n) is 13.4. The van der Waals surface area contributed by atoms with Crippen molar-refractivity contribution in [3.63, 3.8) is 0 Å². The average Bonchev–Trinajstić information content (AvgIpc) is 2.39. The molecule has 0 bridgehead atoms. The topological polar surface area (TPSA) is 49.3 Å². The fourth-order valence-corrected chi connectivity index (χ4v) is 1.81. The number of aryl methyl sites for hydroxylation is 1. The molecule has 1 aromatic carbocycles. The van der Waals surface area contributed by atoms with Crippen LogP contribution in [-0.4, -0.2) is 24.2 Å². The molecule has 1 amide bonds. The molecule has 0 atom stereocenters. The van der Waals surface area contributed by atoms with Gasteiger partial charge in [0.1, 0.15) is 0 Å². The number of hydrogen-bond donors (Lipinski definition) is 2. The molecular weight excluding hydrogens is 262 g/mol. The number of benzene rings is 1. The van der Waals surface area contributed by atoms with Crippen LogP contribution in [0.3, 0.4) is 0 Å². The second-order valence-corrected chi connectivity index (χ2v) is 6.37. The molecule has 0 unspecified atom stereocenters. The van der Waals surface area contributed by atoms with Crippen LogP contribution in [0.1, 0.15) is 55.1 Å². The molecule has 0 saturated heterocycles. The molecule has 0 aromatic heterocycles. The third-order valence-corrected chi connectivity index (χ3v) is 3.11. The minimum Gasteiger partial charge on any atom is -0.395 e. The Morgan fingerprint density at radius 1 is 1.33 bits per heavy atom. The molecule has 0 saturated carbocycles. The summed E-state index contributed by atoms with van der Waals surface area (Å²) < 4.78 is 0. The highest BCUT2D eigenvalue weighted by Crippen LogP contribution is 2.17. The van der Waals surface area contributed by atoms with Crippen LogP contribution in [-0.2, 0) is 0 Å². The molecule has 3 nitrogen and oxygen atoms in total. The largest absolute Gasteiger partial charge is 0.395 e. The maximum absolute atomic E-state index is 12.2. The van der Waals surface area contributed by atoms with Crippen molar-refractivity contribution in [1.82, 2.24) is 5.32 Å². The number of nitrogens with one attached hydrogen (secondary N) is 1. The number of aliphatic hydroxyl groups is 1. The van der Waals surface area contributed by atoms with Crippen molar-refractivity contribution in [3.05, 3.63) is 34.9 Å². The van der Waals surface area contributed by atoms with Crippen molar-refractivity contribution in [2.45, 2.75) is 40.5 Å². The summed E-state index contributed by atoms with van der Waals surface area (Å²) in [6, 6.07) is 5.61. The highest BCUT2D eigenvalue weighted by atomic mass is 16.2. The predicted molar refractivity (Wildman–Crippen MR) is 86.2 cm³/mol. The van der Waals surface area contributed by atoms with Crippen molar-refractivity contribution in [2.75, 3.05) is 13.2 Å². The first-order valence-corrected chi connectivity index (χ1v) is 7.32. The zero-order chi connectivity index (χ0) is 15.9. The molecule has 0 radical (unpaired) electrons. The van der Waals surface area contributed by atoms with E-state index in [1.54, 1.807) is 0 Å². The number of hydrogen-bond acceptors (Lipinski definition) is 2. The minimum absolute atomic E-state index is 0.0532. The van der Waals surface area contributed by atoms with Gasteiger partial charge in [-0.15, -0.1) is 0 Å². The SMILES string of the molecule is Cc1ccc(C#CCCO)cc1C(=O)NCCC(C)(C)C. The molecule has 1 aromatic rings. The molecule has 1 rings (SSSR count). The van der Waals surface area contributed by atoms with Crippen LogP contribution in [0.25, 0.3) is 0 Å². The van der Waals surface area contributed by atoms with Crippen LogP contribution in [0.5, 0.6) is 0 Å². The van der Waals surface area contributed by atoms with Crippen LogP contribution >= 0.6 is 0 Å². The number of rotatable bonds is 4. The van der Waals surface area contributed by atoms with Gasteiger partial charge in [0.05, 0.1) is 6.61 Å². The van der Waals surface area contributed by atoms with Gasteiger partial charge < -0.3 is 10.4 Å². The van der Waals surface area contributed by atoms with Gasteiger partial charge in [-0.1, -0.05) is 38.7 Å². The Morgan fingerprint density at radius 3 is 2.67 bits per heavy atom. The summed E-state index contributed by atoms with van der Waals surface area (Å²) in [5, 5.41) is 11.7. The van der Waals surface area contributed by atoms with E-state index >= 15 is 0 Å². The van der Waals surface area contributed by atoms with Gasteiger partial charge in [0.15, 0.2) is 0 Å². The highest BCUT2D eigenvalue weighted by molar-refractivity contribution is 5.96. The van der Waals surface area contributed by atoms with Crippen LogP contribution < -0.4 is 5.32 Å². The maximum atomic E-state index is 12.2. The second kappa shape index (κ2) is 7.85. The zero-order valence-corrected chi connectivity index (χ0v) is 13.4. The van der Waals surface area contributed by atoms with Crippen molar-refractivity contribution in [3.8, 4) is 11.8 Å². The van der Waals surface area contributed by atoms with Gasteiger partial charge in [0, 0.05) is 24.1 Å². The normalized spacial score (nSPS) is 10.7. The van der Waals surface area contributed by atoms with E-state index in [1.807, 2.05) is 25.1 Å². The number of carbonyl (C=O) groups excluding carboxylic acids is 1. The average molecular weight is 287 g/mol. The van der Waals surface area contributed by atoms with Crippen molar-refractivity contribution >= 4 is 5.91 Å². The third kappa shape index (κ3) is 6.46. The molecule has 0 heterocycles. The first-order chi connectivity index (χ1) is 9.83. The van der Waals surface area contributed by atoms with E-state index in [4.69, 9.17) is 5.11 Å². The van der Waals surface area contributed by atoms with E-state index in [0.29, 0.717) is 18.5 Å². The molecule has 0 spiro atoms. The molecular formula is C18H25NO2. The Balaban J connectivity index is 2.75. The maximum Gasteiger partial charge on any atom is 0.251 e. The second-order valence-electron chi connectivity index (χ2n) is 6.37. The molecule has 21 heavy (non-hydrogen) atoms. The van der Waals surface area contributed by atoms with E-state index in [2.05, 4.69) is 37.9 Å². The Labute approximate surface area is 127 Å². The lowest BCUT2D eigenvalue weighted by molar-refractivity contribution is 0.0949. The summed E-state index contributed by atoms with van der Waals surface area (Å²) in [6.07, 6.45) is 1.38. The fourth-order valence-electron chi connectivity index (χ4n) is 1.81. The fraction of sp³-hybridized carbons (Fsp3) is 0.500. The molecule has 2 N–H and O–H groups in total. The molecule has 0 aliphatic heterocycles. The van der Waals surface area contributed by atoms with Gasteiger partial charge in [-0.2, -0.15) is 0 Å². The number of carbonyl (C=O) groups is 1. The Kier molecular flexibility index (Phi) is 6.45. The van der Waals surface area contributed by atoms with Crippen LogP contribution in [0.15, 0.2) is 18.2 Å². The van der Waals surface area contributed by atoms with E-state index in [-0.39, 0.29) is 17.9 Å². The molecule has 0 aliphatic carbocycles. The summed E-state index contributed by atoms with van der Waals surface area (Å²) in [4.78, 5) is 12.2. The summed E-state index contributed by atoms with van der Waals surface area (Å²) in [5.74, 6) is 5.77. The first-order valence-electron chi connectivity index (χ1n) is 7.32. The summed E-state index contributed by atoms with van der Waals surface area (Å²) in [6.45, 7) is 9.11. The minimum atomic E-state index is -0.0532. The lowest BCUT2D eigenvalue weighted by Gasteiger charge is -2.18. The van der Waals surface area contributed by atoms with E-state index in [1.165, 1.54) is 0 Å². The van der Waals surface area contributed by atoms with Gasteiger partial charge in [0.25, 0.3) is 5.91 Å². The van der Waals surface area contributed by atoms with Gasteiger partial charge in [0.2, 0.25) is 0 Å². The van der Waals surface area contributed by atoms with Gasteiger partial charge in [-0.3, -0.25) is 4.79 Å². The molecule has 3 heteroatoms. The van der Waals surface area contributed by atoms with E-state index < -0.39 is 0 Å². The standard InChI is InChI=1S/C18H25NO2/c1-14-8-9-15(7-5-6-12-20)13-16(14)17(21)19-11-10-18(2,3)4/h8-9,13,20H,6,10-12H2,1-4H3,(H,19,21). The van der Waals surface area contributed by atoms with E-state index in [0.717, 1.165) is 17.5 Å². The Hall–Kier alpha value is -1.79. The van der Waals surface area contributed by atoms with Crippen LogP contribution in [0, 0.1) is 24.2 Å². The smallest absolute Gasteiger partial charge is 0.251 e. The highest BCUT2D eigenvalue weighted by Gasteiger charge is 2.12. The summed E-state index contributed by atoms with van der Waals surface area (Å²) in [5.41, 5.74) is 2.62.